The summed E-state index contributed by atoms with van der Waals surface area (Å²) in [6.07, 6.45) is 3.36. The van der Waals surface area contributed by atoms with E-state index in [9.17, 15) is 9.59 Å². The van der Waals surface area contributed by atoms with E-state index in [4.69, 9.17) is 10.8 Å². The van der Waals surface area contributed by atoms with Gasteiger partial charge in [0.1, 0.15) is 0 Å². The predicted octanol–water partition coefficient (Wildman–Crippen LogP) is 1.66. The zero-order chi connectivity index (χ0) is 14.6. The molecule has 0 aliphatic heterocycles. The zero-order valence-electron chi connectivity index (χ0n) is 11.4. The molecule has 1 aromatic carbocycles. The number of benzene rings is 1. The SMILES string of the molecule is NCc1ccc(C(=O)NC2(CC(=O)O)CCCC2)cc1. The number of carbonyl (C=O) groups excluding carboxylic acids is 1. The topological polar surface area (TPSA) is 92.4 Å². The molecule has 1 aromatic rings. The number of carboxylic acid groups (broad SMARTS) is 1. The van der Waals surface area contributed by atoms with Crippen LogP contribution in [0, 0.1) is 0 Å². The Morgan fingerprint density at radius 2 is 1.80 bits per heavy atom. The van der Waals surface area contributed by atoms with Crippen LogP contribution in [0.25, 0.3) is 0 Å². The predicted molar refractivity (Wildman–Crippen MR) is 75.3 cm³/mol. The molecule has 1 aliphatic carbocycles. The van der Waals surface area contributed by atoms with Gasteiger partial charge in [-0.1, -0.05) is 25.0 Å². The van der Waals surface area contributed by atoms with Gasteiger partial charge in [-0.2, -0.15) is 0 Å². The Labute approximate surface area is 118 Å². The van der Waals surface area contributed by atoms with Gasteiger partial charge in [0.2, 0.25) is 0 Å². The van der Waals surface area contributed by atoms with Gasteiger partial charge in [-0.25, -0.2) is 0 Å². The number of carbonyl (C=O) groups is 2. The molecular weight excluding hydrogens is 256 g/mol. The van der Waals surface area contributed by atoms with Gasteiger partial charge in [-0.05, 0) is 30.5 Å². The summed E-state index contributed by atoms with van der Waals surface area (Å²) in [5, 5.41) is 12.0. The Kier molecular flexibility index (Phi) is 4.39. The third-order valence-electron chi connectivity index (χ3n) is 3.88. The highest BCUT2D eigenvalue weighted by molar-refractivity contribution is 5.95. The zero-order valence-corrected chi connectivity index (χ0v) is 11.4. The van der Waals surface area contributed by atoms with Crippen molar-refractivity contribution in [2.24, 2.45) is 5.73 Å². The van der Waals surface area contributed by atoms with E-state index in [0.29, 0.717) is 12.1 Å². The second-order valence-corrected chi connectivity index (χ2v) is 5.41. The van der Waals surface area contributed by atoms with E-state index in [1.54, 1.807) is 12.1 Å². The van der Waals surface area contributed by atoms with Gasteiger partial charge in [0.15, 0.2) is 0 Å². The van der Waals surface area contributed by atoms with Crippen molar-refractivity contribution < 1.29 is 14.7 Å². The summed E-state index contributed by atoms with van der Waals surface area (Å²) in [7, 11) is 0. The number of nitrogens with two attached hydrogens (primary N) is 1. The van der Waals surface area contributed by atoms with E-state index in [2.05, 4.69) is 5.32 Å². The Morgan fingerprint density at radius 3 is 2.30 bits per heavy atom. The maximum atomic E-state index is 12.3. The fourth-order valence-electron chi connectivity index (χ4n) is 2.79. The molecule has 0 spiro atoms. The molecule has 5 heteroatoms. The number of hydrogen-bond donors (Lipinski definition) is 3. The van der Waals surface area contributed by atoms with Gasteiger partial charge in [0, 0.05) is 12.1 Å². The minimum Gasteiger partial charge on any atom is -0.481 e. The average molecular weight is 276 g/mol. The van der Waals surface area contributed by atoms with Crippen molar-refractivity contribution in [3.8, 4) is 0 Å². The third kappa shape index (κ3) is 3.36. The second kappa shape index (κ2) is 6.05. The molecule has 20 heavy (non-hydrogen) atoms. The number of hydrogen-bond acceptors (Lipinski definition) is 3. The minimum atomic E-state index is -0.870. The van der Waals surface area contributed by atoms with Gasteiger partial charge in [0.05, 0.1) is 12.0 Å². The summed E-state index contributed by atoms with van der Waals surface area (Å²) >= 11 is 0. The summed E-state index contributed by atoms with van der Waals surface area (Å²) in [6.45, 7) is 0.435. The van der Waals surface area contributed by atoms with Crippen LogP contribution in [0.5, 0.6) is 0 Å². The highest BCUT2D eigenvalue weighted by Crippen LogP contribution is 2.32. The number of aliphatic carboxylic acids is 1. The van der Waals surface area contributed by atoms with E-state index in [1.807, 2.05) is 12.1 Å². The van der Waals surface area contributed by atoms with Gasteiger partial charge >= 0.3 is 5.97 Å². The van der Waals surface area contributed by atoms with E-state index < -0.39 is 11.5 Å². The summed E-state index contributed by atoms with van der Waals surface area (Å²) in [5.74, 6) is -1.08. The van der Waals surface area contributed by atoms with Crippen LogP contribution >= 0.6 is 0 Å². The van der Waals surface area contributed by atoms with E-state index in [-0.39, 0.29) is 12.3 Å². The molecule has 0 unspecified atom stereocenters. The fraction of sp³-hybridized carbons (Fsp3) is 0.467. The lowest BCUT2D eigenvalue weighted by Crippen LogP contribution is -2.47. The van der Waals surface area contributed by atoms with Crippen molar-refractivity contribution in [2.45, 2.75) is 44.2 Å². The first-order valence-electron chi connectivity index (χ1n) is 6.88. The van der Waals surface area contributed by atoms with Gasteiger partial charge in [-0.15, -0.1) is 0 Å². The molecule has 2 rings (SSSR count). The van der Waals surface area contributed by atoms with Crippen molar-refractivity contribution in [3.63, 3.8) is 0 Å². The smallest absolute Gasteiger partial charge is 0.305 e. The monoisotopic (exact) mass is 276 g/mol. The first-order chi connectivity index (χ1) is 9.54. The normalized spacial score (nSPS) is 16.9. The number of carboxylic acids is 1. The molecule has 1 amide bonds. The van der Waals surface area contributed by atoms with Crippen molar-refractivity contribution in [2.75, 3.05) is 0 Å². The number of amides is 1. The van der Waals surface area contributed by atoms with Crippen LogP contribution in [0.15, 0.2) is 24.3 Å². The van der Waals surface area contributed by atoms with Crippen LogP contribution in [0.1, 0.15) is 48.0 Å². The van der Waals surface area contributed by atoms with Gasteiger partial charge in [0.25, 0.3) is 5.91 Å². The van der Waals surface area contributed by atoms with Crippen molar-refractivity contribution in [1.82, 2.24) is 5.32 Å². The van der Waals surface area contributed by atoms with E-state index >= 15 is 0 Å². The van der Waals surface area contributed by atoms with Crippen LogP contribution in [0.3, 0.4) is 0 Å². The molecule has 0 bridgehead atoms. The number of nitrogens with one attached hydrogen (secondary N) is 1. The Hall–Kier alpha value is -1.88. The highest BCUT2D eigenvalue weighted by atomic mass is 16.4. The van der Waals surface area contributed by atoms with Gasteiger partial charge in [-0.3, -0.25) is 9.59 Å². The molecule has 0 aromatic heterocycles. The molecular formula is C15H20N2O3. The molecule has 4 N–H and O–H groups in total. The Balaban J connectivity index is 2.09. The molecule has 108 valence electrons. The molecule has 5 nitrogen and oxygen atoms in total. The molecule has 0 saturated heterocycles. The van der Waals surface area contributed by atoms with Crippen LogP contribution in [-0.2, 0) is 11.3 Å². The molecule has 1 saturated carbocycles. The van der Waals surface area contributed by atoms with E-state index in [1.165, 1.54) is 0 Å². The first kappa shape index (κ1) is 14.5. The van der Waals surface area contributed by atoms with Crippen LogP contribution in [-0.4, -0.2) is 22.5 Å². The average Bonchev–Trinajstić information content (AvgIpc) is 2.86. The Bertz CT molecular complexity index is 490. The lowest BCUT2D eigenvalue weighted by Gasteiger charge is -2.28. The fourth-order valence-corrected chi connectivity index (χ4v) is 2.79. The summed E-state index contributed by atoms with van der Waals surface area (Å²) in [4.78, 5) is 23.2. The highest BCUT2D eigenvalue weighted by Gasteiger charge is 2.37. The second-order valence-electron chi connectivity index (χ2n) is 5.41. The molecule has 1 aliphatic rings. The van der Waals surface area contributed by atoms with Crippen LogP contribution < -0.4 is 11.1 Å². The maximum Gasteiger partial charge on any atom is 0.305 e. The standard InChI is InChI=1S/C15H20N2O3/c16-10-11-3-5-12(6-4-11)14(20)17-15(9-13(18)19)7-1-2-8-15/h3-6H,1-2,7-10,16H2,(H,17,20)(H,18,19). The van der Waals surface area contributed by atoms with Crippen LogP contribution in [0.2, 0.25) is 0 Å². The van der Waals surface area contributed by atoms with E-state index in [0.717, 1.165) is 31.2 Å². The summed E-state index contributed by atoms with van der Waals surface area (Å²) in [6, 6.07) is 7.07. The minimum absolute atomic E-state index is 0.0143. The number of rotatable bonds is 5. The van der Waals surface area contributed by atoms with Crippen molar-refractivity contribution in [1.29, 1.82) is 0 Å². The van der Waals surface area contributed by atoms with Crippen molar-refractivity contribution >= 4 is 11.9 Å². The maximum absolute atomic E-state index is 12.3. The molecule has 0 heterocycles. The molecule has 0 radical (unpaired) electrons. The van der Waals surface area contributed by atoms with Crippen LogP contribution in [0.4, 0.5) is 0 Å². The summed E-state index contributed by atoms with van der Waals surface area (Å²) < 4.78 is 0. The first-order valence-corrected chi connectivity index (χ1v) is 6.88. The summed E-state index contributed by atoms with van der Waals surface area (Å²) in [5.41, 5.74) is 6.43. The quantitative estimate of drug-likeness (QED) is 0.762. The lowest BCUT2D eigenvalue weighted by molar-refractivity contribution is -0.138. The van der Waals surface area contributed by atoms with Gasteiger partial charge < -0.3 is 16.2 Å². The third-order valence-corrected chi connectivity index (χ3v) is 3.88. The van der Waals surface area contributed by atoms with Crippen molar-refractivity contribution in [3.05, 3.63) is 35.4 Å². The lowest BCUT2D eigenvalue weighted by atomic mass is 9.92. The largest absolute Gasteiger partial charge is 0.481 e. The Morgan fingerprint density at radius 1 is 1.20 bits per heavy atom. The molecule has 0 atom stereocenters. The molecule has 1 fully saturated rings.